The lowest BCUT2D eigenvalue weighted by Gasteiger charge is -2.07. The van der Waals surface area contributed by atoms with E-state index in [4.69, 9.17) is 5.11 Å². The van der Waals surface area contributed by atoms with Crippen LogP contribution in [0.3, 0.4) is 0 Å². The number of carboxylic acids is 1. The summed E-state index contributed by atoms with van der Waals surface area (Å²) in [5.74, 6) is -0.689. The summed E-state index contributed by atoms with van der Waals surface area (Å²) < 4.78 is 0. The van der Waals surface area contributed by atoms with Crippen LogP contribution in [0.5, 0.6) is 0 Å². The van der Waals surface area contributed by atoms with Crippen LogP contribution in [0.25, 0.3) is 0 Å². The molecule has 0 aromatic heterocycles. The molecule has 0 fully saturated rings. The maximum absolute atomic E-state index is 10.3. The molecule has 0 saturated heterocycles. The third-order valence-electron chi connectivity index (χ3n) is 5.15. The maximum atomic E-state index is 10.3. The number of hydrogen-bond acceptors (Lipinski definition) is 6. The SMILES string of the molecule is CCCCCC[C@@H](O)C/C=C\CCCCCCCC(=O)O.O=C=NCCCCCCN=C=O. The van der Waals surface area contributed by atoms with Gasteiger partial charge in [0, 0.05) is 6.42 Å². The Labute approximate surface area is 200 Å². The minimum Gasteiger partial charge on any atom is -0.481 e. The van der Waals surface area contributed by atoms with Crippen molar-refractivity contribution in [1.82, 2.24) is 0 Å². The number of isocyanates is 2. The van der Waals surface area contributed by atoms with Gasteiger partial charge in [-0.05, 0) is 44.9 Å². The van der Waals surface area contributed by atoms with Gasteiger partial charge in [0.1, 0.15) is 0 Å². The number of rotatable bonds is 22. The van der Waals surface area contributed by atoms with Crippen molar-refractivity contribution in [3.05, 3.63) is 12.2 Å². The van der Waals surface area contributed by atoms with Gasteiger partial charge in [0.05, 0.1) is 19.2 Å². The van der Waals surface area contributed by atoms with E-state index in [0.29, 0.717) is 19.5 Å². The fraction of sp³-hybridized carbons (Fsp3) is 0.808. The molecule has 0 rings (SSSR count). The highest BCUT2D eigenvalue weighted by atomic mass is 16.4. The minimum absolute atomic E-state index is 0.172. The summed E-state index contributed by atoms with van der Waals surface area (Å²) in [5.41, 5.74) is 0. The summed E-state index contributed by atoms with van der Waals surface area (Å²) in [6.45, 7) is 3.31. The first-order valence-corrected chi connectivity index (χ1v) is 12.7. The van der Waals surface area contributed by atoms with E-state index in [1.807, 2.05) is 0 Å². The standard InChI is InChI=1S/C18H34O3.C8H12N2O2/c1-2-3-4-11-14-17(19)15-12-9-7-5-6-8-10-13-16-18(20)21;11-7-9-5-3-1-2-4-6-10-8-12/h9,12,17,19H,2-8,10-11,13-16H2,1H3,(H,20,21);1-6H2/b12-9-;/t17-;/m1./s1. The number of unbranched alkanes of at least 4 members (excludes halogenated alkanes) is 11. The van der Waals surface area contributed by atoms with Crippen molar-refractivity contribution >= 4 is 18.1 Å². The van der Waals surface area contributed by atoms with Gasteiger partial charge in [0.25, 0.3) is 0 Å². The van der Waals surface area contributed by atoms with Gasteiger partial charge in [-0.15, -0.1) is 0 Å². The summed E-state index contributed by atoms with van der Waals surface area (Å²) in [4.78, 5) is 36.4. The summed E-state index contributed by atoms with van der Waals surface area (Å²) in [7, 11) is 0. The van der Waals surface area contributed by atoms with Crippen LogP contribution in [0.2, 0.25) is 0 Å². The molecule has 0 aliphatic carbocycles. The number of hydrogen-bond donors (Lipinski definition) is 2. The molecule has 0 saturated carbocycles. The molecular formula is C26H46N2O5. The van der Waals surface area contributed by atoms with E-state index in [0.717, 1.165) is 77.0 Å². The Morgan fingerprint density at radius 3 is 1.91 bits per heavy atom. The van der Waals surface area contributed by atoms with Crippen LogP contribution in [-0.4, -0.2) is 47.5 Å². The molecule has 0 bridgehead atoms. The van der Waals surface area contributed by atoms with Gasteiger partial charge in [-0.1, -0.05) is 76.9 Å². The first-order valence-electron chi connectivity index (χ1n) is 12.7. The van der Waals surface area contributed by atoms with Gasteiger partial charge in [0.2, 0.25) is 12.2 Å². The molecule has 0 aromatic carbocycles. The molecule has 0 amide bonds. The van der Waals surface area contributed by atoms with Crippen LogP contribution in [-0.2, 0) is 14.4 Å². The Hall–Kier alpha value is -2.07. The second-order valence-corrected chi connectivity index (χ2v) is 8.27. The molecule has 0 spiro atoms. The minimum atomic E-state index is -0.689. The number of aliphatic hydroxyl groups is 1. The van der Waals surface area contributed by atoms with Crippen molar-refractivity contribution in [3.63, 3.8) is 0 Å². The van der Waals surface area contributed by atoms with Crippen molar-refractivity contribution in [2.75, 3.05) is 13.1 Å². The molecule has 0 aliphatic heterocycles. The lowest BCUT2D eigenvalue weighted by Crippen LogP contribution is -2.04. The predicted octanol–water partition coefficient (Wildman–Crippen LogP) is 6.30. The fourth-order valence-electron chi connectivity index (χ4n) is 3.19. The smallest absolute Gasteiger partial charge is 0.303 e. The van der Waals surface area contributed by atoms with E-state index >= 15 is 0 Å². The summed E-state index contributed by atoms with van der Waals surface area (Å²) >= 11 is 0. The quantitative estimate of drug-likeness (QED) is 0.0840. The molecule has 2 N–H and O–H groups in total. The highest BCUT2D eigenvalue weighted by Crippen LogP contribution is 2.10. The molecule has 0 aromatic rings. The summed E-state index contributed by atoms with van der Waals surface area (Å²) in [6.07, 6.45) is 24.2. The van der Waals surface area contributed by atoms with E-state index < -0.39 is 5.97 Å². The van der Waals surface area contributed by atoms with Crippen LogP contribution < -0.4 is 0 Å². The van der Waals surface area contributed by atoms with Crippen molar-refractivity contribution in [2.45, 2.75) is 122 Å². The lowest BCUT2D eigenvalue weighted by molar-refractivity contribution is -0.137. The van der Waals surface area contributed by atoms with Gasteiger partial charge in [-0.2, -0.15) is 0 Å². The number of aliphatic carboxylic acids is 1. The zero-order valence-electron chi connectivity index (χ0n) is 20.7. The molecule has 7 nitrogen and oxygen atoms in total. The molecule has 7 heteroatoms. The van der Waals surface area contributed by atoms with E-state index in [1.165, 1.54) is 37.8 Å². The Balaban J connectivity index is 0. The molecule has 1 atom stereocenters. The van der Waals surface area contributed by atoms with Gasteiger partial charge in [-0.25, -0.2) is 19.6 Å². The zero-order chi connectivity index (χ0) is 24.8. The number of aliphatic imine (C=N–C) groups is 2. The molecule has 0 aliphatic rings. The molecular weight excluding hydrogens is 420 g/mol. The Morgan fingerprint density at radius 1 is 0.788 bits per heavy atom. The second-order valence-electron chi connectivity index (χ2n) is 8.27. The highest BCUT2D eigenvalue weighted by molar-refractivity contribution is 5.66. The average Bonchev–Trinajstić information content (AvgIpc) is 2.80. The van der Waals surface area contributed by atoms with E-state index in [2.05, 4.69) is 29.1 Å². The van der Waals surface area contributed by atoms with Crippen LogP contribution in [0.15, 0.2) is 22.1 Å². The predicted molar refractivity (Wildman–Crippen MR) is 133 cm³/mol. The van der Waals surface area contributed by atoms with Crippen LogP contribution >= 0.6 is 0 Å². The lowest BCUT2D eigenvalue weighted by atomic mass is 10.1. The van der Waals surface area contributed by atoms with Crippen molar-refractivity contribution < 1.29 is 24.6 Å². The number of carbonyl (C=O) groups is 1. The van der Waals surface area contributed by atoms with Gasteiger partial charge in [0.15, 0.2) is 0 Å². The van der Waals surface area contributed by atoms with Crippen molar-refractivity contribution in [2.24, 2.45) is 9.98 Å². The van der Waals surface area contributed by atoms with Gasteiger partial charge in [-0.3, -0.25) is 4.79 Å². The highest BCUT2D eigenvalue weighted by Gasteiger charge is 2.00. The zero-order valence-corrected chi connectivity index (χ0v) is 20.7. The molecule has 33 heavy (non-hydrogen) atoms. The number of nitrogens with zero attached hydrogens (tertiary/aromatic N) is 2. The first-order chi connectivity index (χ1) is 16.1. The Bertz CT molecular complexity index is 531. The molecule has 0 unspecified atom stereocenters. The fourth-order valence-corrected chi connectivity index (χ4v) is 3.19. The number of allylic oxidation sites excluding steroid dienone is 1. The van der Waals surface area contributed by atoms with E-state index in [1.54, 1.807) is 0 Å². The summed E-state index contributed by atoms with van der Waals surface area (Å²) in [5, 5.41) is 18.3. The molecule has 0 heterocycles. The average molecular weight is 467 g/mol. The number of carbonyl (C=O) groups excluding carboxylic acids is 2. The van der Waals surface area contributed by atoms with Crippen LogP contribution in [0.4, 0.5) is 0 Å². The molecule has 0 radical (unpaired) electrons. The Morgan fingerprint density at radius 2 is 1.33 bits per heavy atom. The topological polar surface area (TPSA) is 116 Å². The second kappa shape index (κ2) is 29.9. The number of aliphatic hydroxyl groups excluding tert-OH is 1. The van der Waals surface area contributed by atoms with Crippen LogP contribution in [0.1, 0.15) is 116 Å². The maximum Gasteiger partial charge on any atom is 0.303 e. The number of carboxylic acid groups (broad SMARTS) is 1. The summed E-state index contributed by atoms with van der Waals surface area (Å²) in [6, 6.07) is 0. The van der Waals surface area contributed by atoms with Gasteiger partial charge >= 0.3 is 5.97 Å². The first kappa shape index (κ1) is 33.1. The largest absolute Gasteiger partial charge is 0.481 e. The van der Waals surface area contributed by atoms with Gasteiger partial charge < -0.3 is 10.2 Å². The van der Waals surface area contributed by atoms with Crippen LogP contribution in [0, 0.1) is 0 Å². The van der Waals surface area contributed by atoms with E-state index in [9.17, 15) is 19.5 Å². The van der Waals surface area contributed by atoms with E-state index in [-0.39, 0.29) is 6.10 Å². The third kappa shape index (κ3) is 34.7. The monoisotopic (exact) mass is 466 g/mol. The third-order valence-corrected chi connectivity index (χ3v) is 5.15. The van der Waals surface area contributed by atoms with Crippen molar-refractivity contribution in [3.8, 4) is 0 Å². The molecule has 190 valence electrons. The normalized spacial score (nSPS) is 11.2. The Kier molecular flexibility index (Phi) is 30.0. The van der Waals surface area contributed by atoms with Crippen molar-refractivity contribution in [1.29, 1.82) is 0 Å².